The van der Waals surface area contributed by atoms with E-state index in [1.807, 2.05) is 24.3 Å². The SMILES string of the molecule is COc1ccc(N2CC[N+](=C3N=C4C(C(=O)N(C)C(=O)N4C)N3Cc3ccccc3C)CC2)cc1. The van der Waals surface area contributed by atoms with Crippen molar-refractivity contribution >= 4 is 29.4 Å². The van der Waals surface area contributed by atoms with E-state index in [0.29, 0.717) is 12.4 Å². The Morgan fingerprint density at radius 2 is 1.69 bits per heavy atom. The number of rotatable bonds is 4. The van der Waals surface area contributed by atoms with Crippen LogP contribution in [0.5, 0.6) is 5.75 Å². The number of carbonyl (C=O) groups excluding carboxylic acids is 2. The third-order valence-electron chi connectivity index (χ3n) is 7.11. The van der Waals surface area contributed by atoms with Gasteiger partial charge in [0.2, 0.25) is 11.9 Å². The molecule has 35 heavy (non-hydrogen) atoms. The molecule has 9 heteroatoms. The number of ether oxygens (including phenoxy) is 1. The highest BCUT2D eigenvalue weighted by Crippen LogP contribution is 2.26. The molecular formula is C26H31N6O3+. The van der Waals surface area contributed by atoms with Crippen LogP contribution < -0.4 is 9.64 Å². The summed E-state index contributed by atoms with van der Waals surface area (Å²) in [5.74, 6) is 1.85. The Labute approximate surface area is 205 Å². The normalized spacial score (nSPS) is 20.5. The lowest BCUT2D eigenvalue weighted by molar-refractivity contribution is -0.535. The van der Waals surface area contributed by atoms with Crippen molar-refractivity contribution in [3.63, 3.8) is 0 Å². The van der Waals surface area contributed by atoms with Gasteiger partial charge in [0.25, 0.3) is 5.91 Å². The minimum absolute atomic E-state index is 0.243. The predicted molar refractivity (Wildman–Crippen MR) is 134 cm³/mol. The van der Waals surface area contributed by atoms with E-state index in [9.17, 15) is 9.59 Å². The van der Waals surface area contributed by atoms with Gasteiger partial charge in [-0.3, -0.25) is 19.2 Å². The Morgan fingerprint density at radius 3 is 2.34 bits per heavy atom. The molecule has 0 radical (unpaired) electrons. The number of urea groups is 1. The minimum atomic E-state index is -0.614. The number of anilines is 1. The monoisotopic (exact) mass is 475 g/mol. The summed E-state index contributed by atoms with van der Waals surface area (Å²) in [5, 5.41) is 0. The zero-order chi connectivity index (χ0) is 24.7. The predicted octanol–water partition coefficient (Wildman–Crippen LogP) is 2.00. The number of guanidine groups is 1. The molecule has 2 aromatic rings. The summed E-state index contributed by atoms with van der Waals surface area (Å²) >= 11 is 0. The quantitative estimate of drug-likeness (QED) is 0.633. The van der Waals surface area contributed by atoms with Crippen LogP contribution in [0.15, 0.2) is 53.5 Å². The van der Waals surface area contributed by atoms with Crippen LogP contribution in [0, 0.1) is 6.92 Å². The number of imide groups is 1. The van der Waals surface area contributed by atoms with E-state index in [1.54, 1.807) is 14.2 Å². The van der Waals surface area contributed by atoms with Gasteiger partial charge in [-0.2, -0.15) is 0 Å². The molecule has 182 valence electrons. The number of fused-ring (bicyclic) bond motifs is 1. The van der Waals surface area contributed by atoms with Crippen molar-refractivity contribution < 1.29 is 18.9 Å². The zero-order valence-electron chi connectivity index (χ0n) is 20.6. The van der Waals surface area contributed by atoms with Gasteiger partial charge >= 0.3 is 12.0 Å². The summed E-state index contributed by atoms with van der Waals surface area (Å²) in [6, 6.07) is 15.3. The largest absolute Gasteiger partial charge is 0.497 e. The van der Waals surface area contributed by atoms with Gasteiger partial charge in [-0.25, -0.2) is 9.69 Å². The van der Waals surface area contributed by atoms with Crippen LogP contribution in [-0.2, 0) is 11.3 Å². The summed E-state index contributed by atoms with van der Waals surface area (Å²) < 4.78 is 7.51. The molecule has 9 nitrogen and oxygen atoms in total. The fourth-order valence-corrected chi connectivity index (χ4v) is 4.93. The molecule has 2 aromatic carbocycles. The number of benzene rings is 2. The lowest BCUT2D eigenvalue weighted by Crippen LogP contribution is -2.62. The number of aryl methyl sites for hydroxylation is 1. The molecule has 3 heterocycles. The molecule has 0 saturated carbocycles. The van der Waals surface area contributed by atoms with Gasteiger partial charge in [0.1, 0.15) is 5.75 Å². The van der Waals surface area contributed by atoms with Gasteiger partial charge in [-0.15, -0.1) is 0 Å². The highest BCUT2D eigenvalue weighted by Gasteiger charge is 2.55. The first-order chi connectivity index (χ1) is 16.9. The second-order valence-corrected chi connectivity index (χ2v) is 9.14. The van der Waals surface area contributed by atoms with Crippen molar-refractivity contribution in [2.24, 2.45) is 4.99 Å². The third-order valence-corrected chi connectivity index (χ3v) is 7.11. The lowest BCUT2D eigenvalue weighted by atomic mass is 10.1. The highest BCUT2D eigenvalue weighted by atomic mass is 16.5. The first kappa shape index (κ1) is 22.9. The van der Waals surface area contributed by atoms with E-state index >= 15 is 0 Å². The molecular weight excluding hydrogens is 444 g/mol. The number of nitrogens with zero attached hydrogens (tertiary/aromatic N) is 6. The number of methoxy groups -OCH3 is 1. The number of likely N-dealkylation sites (N-methyl/N-ethyl adjacent to an activating group) is 2. The van der Waals surface area contributed by atoms with E-state index in [1.165, 1.54) is 16.8 Å². The molecule has 2 saturated heterocycles. The number of carbonyl (C=O) groups is 2. The van der Waals surface area contributed by atoms with E-state index in [2.05, 4.69) is 45.6 Å². The van der Waals surface area contributed by atoms with Gasteiger partial charge in [0.05, 0.1) is 26.7 Å². The number of hydrogen-bond donors (Lipinski definition) is 0. The molecule has 3 aliphatic heterocycles. The van der Waals surface area contributed by atoms with E-state index in [0.717, 1.165) is 54.7 Å². The zero-order valence-corrected chi connectivity index (χ0v) is 20.6. The second kappa shape index (κ2) is 9.05. The van der Waals surface area contributed by atoms with Crippen LogP contribution in [0.4, 0.5) is 10.5 Å². The Morgan fingerprint density at radius 1 is 1.00 bits per heavy atom. The van der Waals surface area contributed by atoms with Crippen LogP contribution in [0.2, 0.25) is 0 Å². The highest BCUT2D eigenvalue weighted by molar-refractivity contribution is 6.25. The standard InChI is InChI=1S/C26H31N6O3/c1-18-7-5-6-8-19(18)17-32-22-23(28(2)26(34)29(3)24(22)33)27-25(32)31-15-13-30(14-16-31)20-9-11-21(35-4)12-10-20/h5-12,22H,13-17H2,1-4H3/q+1. The van der Waals surface area contributed by atoms with Crippen molar-refractivity contribution in [3.8, 4) is 5.75 Å². The van der Waals surface area contributed by atoms with Gasteiger partial charge in [-0.1, -0.05) is 29.3 Å². The van der Waals surface area contributed by atoms with Gasteiger partial charge in [0.15, 0.2) is 0 Å². The topological polar surface area (TPSA) is 71.7 Å². The summed E-state index contributed by atoms with van der Waals surface area (Å²) in [6.45, 7) is 5.79. The number of piperazine rings is 1. The Balaban J connectivity index is 1.46. The second-order valence-electron chi connectivity index (χ2n) is 9.14. The molecule has 1 atom stereocenters. The van der Waals surface area contributed by atoms with Crippen LogP contribution in [0.3, 0.4) is 0 Å². The number of hydrogen-bond acceptors (Lipinski definition) is 4. The summed E-state index contributed by atoms with van der Waals surface area (Å²) in [4.78, 5) is 37.9. The maximum atomic E-state index is 13.3. The van der Waals surface area contributed by atoms with Crippen LogP contribution in [-0.4, -0.2) is 96.4 Å². The molecule has 1 unspecified atom stereocenters. The maximum absolute atomic E-state index is 13.3. The van der Waals surface area contributed by atoms with Crippen molar-refractivity contribution in [1.29, 1.82) is 0 Å². The van der Waals surface area contributed by atoms with E-state index < -0.39 is 6.04 Å². The molecule has 0 bridgehead atoms. The number of amidine groups is 1. The molecule has 5 rings (SSSR count). The van der Waals surface area contributed by atoms with E-state index in [4.69, 9.17) is 9.73 Å². The molecule has 0 spiro atoms. The summed E-state index contributed by atoms with van der Waals surface area (Å²) in [7, 11) is 4.89. The average molecular weight is 476 g/mol. The Kier molecular flexibility index (Phi) is 5.92. The average Bonchev–Trinajstić information content (AvgIpc) is 3.27. The van der Waals surface area contributed by atoms with Gasteiger partial charge in [0, 0.05) is 32.9 Å². The Hall–Kier alpha value is -3.88. The maximum Gasteiger partial charge on any atom is 0.392 e. The smallest absolute Gasteiger partial charge is 0.392 e. The van der Waals surface area contributed by atoms with Crippen molar-refractivity contribution in [2.75, 3.05) is 52.3 Å². The Bertz CT molecular complexity index is 1210. The molecule has 0 N–H and O–H groups in total. The summed E-state index contributed by atoms with van der Waals surface area (Å²) in [6.07, 6.45) is 0. The fraction of sp³-hybridized carbons (Fsp3) is 0.385. The molecule has 0 aromatic heterocycles. The molecule has 2 fully saturated rings. The minimum Gasteiger partial charge on any atom is -0.497 e. The van der Waals surface area contributed by atoms with Crippen molar-refractivity contribution in [3.05, 3.63) is 59.7 Å². The first-order valence-electron chi connectivity index (χ1n) is 11.8. The van der Waals surface area contributed by atoms with Crippen LogP contribution in [0.25, 0.3) is 0 Å². The molecule has 3 amide bonds. The first-order valence-corrected chi connectivity index (χ1v) is 11.8. The number of aliphatic imine (C=N–C) groups is 1. The van der Waals surface area contributed by atoms with Gasteiger partial charge in [-0.05, 0) is 42.3 Å². The van der Waals surface area contributed by atoms with Crippen LogP contribution in [0.1, 0.15) is 11.1 Å². The van der Waals surface area contributed by atoms with Crippen molar-refractivity contribution in [1.82, 2.24) is 14.7 Å². The van der Waals surface area contributed by atoms with Crippen molar-refractivity contribution in [2.45, 2.75) is 19.5 Å². The lowest BCUT2D eigenvalue weighted by Gasteiger charge is -2.34. The van der Waals surface area contributed by atoms with Gasteiger partial charge < -0.3 is 9.64 Å². The molecule has 3 aliphatic rings. The third kappa shape index (κ3) is 4.00. The fourth-order valence-electron chi connectivity index (χ4n) is 4.93. The van der Waals surface area contributed by atoms with Crippen LogP contribution >= 0.6 is 0 Å². The summed E-state index contributed by atoms with van der Waals surface area (Å²) in [5.41, 5.74) is 3.44. The van der Waals surface area contributed by atoms with E-state index in [-0.39, 0.29) is 11.9 Å². The number of amides is 3. The molecule has 0 aliphatic carbocycles.